The van der Waals surface area contributed by atoms with Crippen molar-refractivity contribution >= 4 is 5.91 Å². The van der Waals surface area contributed by atoms with E-state index in [2.05, 4.69) is 33.7 Å². The van der Waals surface area contributed by atoms with Crippen molar-refractivity contribution in [1.82, 2.24) is 15.5 Å². The lowest BCUT2D eigenvalue weighted by atomic mass is 9.93. The highest BCUT2D eigenvalue weighted by atomic mass is 16.2. The monoisotopic (exact) mass is 297 g/mol. The van der Waals surface area contributed by atoms with Crippen molar-refractivity contribution in [2.24, 2.45) is 0 Å². The van der Waals surface area contributed by atoms with E-state index in [1.165, 1.54) is 5.56 Å². The van der Waals surface area contributed by atoms with E-state index in [1.807, 2.05) is 18.2 Å². The Morgan fingerprint density at radius 1 is 1.18 bits per heavy atom. The molecule has 2 heterocycles. The molecule has 1 aliphatic carbocycles. The van der Waals surface area contributed by atoms with Gasteiger partial charge in [0, 0.05) is 37.3 Å². The Kier molecular flexibility index (Phi) is 3.72. The third kappa shape index (κ3) is 2.81. The first-order chi connectivity index (χ1) is 10.8. The molecule has 22 heavy (non-hydrogen) atoms. The summed E-state index contributed by atoms with van der Waals surface area (Å²) < 4.78 is 0. The first-order valence-electron chi connectivity index (χ1n) is 8.33. The van der Waals surface area contributed by atoms with Gasteiger partial charge in [-0.1, -0.05) is 36.4 Å². The van der Waals surface area contributed by atoms with E-state index in [9.17, 15) is 4.79 Å². The van der Waals surface area contributed by atoms with Gasteiger partial charge in [-0.25, -0.2) is 0 Å². The van der Waals surface area contributed by atoms with Crippen molar-refractivity contribution in [1.29, 1.82) is 0 Å². The van der Waals surface area contributed by atoms with E-state index in [0.29, 0.717) is 12.1 Å². The summed E-state index contributed by atoms with van der Waals surface area (Å²) in [5.74, 6) is 0.228. The third-order valence-electron chi connectivity index (χ3n) is 4.86. The molecule has 4 rings (SSSR count). The van der Waals surface area contributed by atoms with Crippen LogP contribution in [0.1, 0.15) is 24.8 Å². The maximum absolute atomic E-state index is 13.1. The molecule has 2 bridgehead atoms. The van der Waals surface area contributed by atoms with Crippen LogP contribution in [-0.2, 0) is 11.3 Å². The van der Waals surface area contributed by atoms with Gasteiger partial charge < -0.3 is 15.5 Å². The topological polar surface area (TPSA) is 44.4 Å². The first-order valence-corrected chi connectivity index (χ1v) is 8.33. The maximum Gasteiger partial charge on any atom is 0.251 e. The lowest BCUT2D eigenvalue weighted by molar-refractivity contribution is -0.128. The van der Waals surface area contributed by atoms with Gasteiger partial charge in [0.25, 0.3) is 5.91 Å². The highest BCUT2D eigenvalue weighted by Crippen LogP contribution is 2.31. The number of amides is 1. The number of fused-ring (bicyclic) bond motifs is 2. The second-order valence-electron chi connectivity index (χ2n) is 6.62. The van der Waals surface area contributed by atoms with Crippen LogP contribution in [0.2, 0.25) is 0 Å². The molecule has 2 fully saturated rings. The fourth-order valence-electron chi connectivity index (χ4n) is 3.50. The summed E-state index contributed by atoms with van der Waals surface area (Å²) >= 11 is 0. The number of benzene rings is 1. The van der Waals surface area contributed by atoms with E-state index >= 15 is 0 Å². The minimum atomic E-state index is 0.178. The molecule has 116 valence electrons. The smallest absolute Gasteiger partial charge is 0.251 e. The zero-order valence-electron chi connectivity index (χ0n) is 12.8. The van der Waals surface area contributed by atoms with Gasteiger partial charge in [-0.2, -0.15) is 0 Å². The third-order valence-corrected chi connectivity index (χ3v) is 4.86. The van der Waals surface area contributed by atoms with Crippen LogP contribution in [-0.4, -0.2) is 42.0 Å². The summed E-state index contributed by atoms with van der Waals surface area (Å²) in [6.07, 6.45) is 5.42. The fraction of sp³-hybridized carbons (Fsp3) is 0.500. The Bertz CT molecular complexity index is 579. The van der Waals surface area contributed by atoms with Crippen LogP contribution in [0.25, 0.3) is 0 Å². The Balaban J connectivity index is 1.53. The van der Waals surface area contributed by atoms with Gasteiger partial charge in [0.2, 0.25) is 0 Å². The number of piperazine rings is 1. The van der Waals surface area contributed by atoms with E-state index in [-0.39, 0.29) is 11.9 Å². The standard InChI is InChI=1S/C18H23N3O/c22-18(16-9-6-14-10-19-11-17(16)20-14)21(15-7-8-15)12-13-4-2-1-3-5-13/h1-5,9,14-15,17,19-20H,6-8,10-12H2. The van der Waals surface area contributed by atoms with Gasteiger partial charge in [0.05, 0.1) is 6.04 Å². The number of hydrogen-bond donors (Lipinski definition) is 2. The maximum atomic E-state index is 13.1. The lowest BCUT2D eigenvalue weighted by Crippen LogP contribution is -2.59. The van der Waals surface area contributed by atoms with E-state index in [4.69, 9.17) is 0 Å². The molecule has 3 aliphatic rings. The number of nitrogens with zero attached hydrogens (tertiary/aromatic N) is 1. The highest BCUT2D eigenvalue weighted by Gasteiger charge is 2.38. The Morgan fingerprint density at radius 3 is 2.77 bits per heavy atom. The Hall–Kier alpha value is -1.65. The average Bonchev–Trinajstić information content (AvgIpc) is 3.38. The summed E-state index contributed by atoms with van der Waals surface area (Å²) in [5.41, 5.74) is 2.18. The number of carbonyl (C=O) groups is 1. The zero-order valence-corrected chi connectivity index (χ0v) is 12.8. The van der Waals surface area contributed by atoms with Crippen molar-refractivity contribution in [3.8, 4) is 0 Å². The van der Waals surface area contributed by atoms with Crippen LogP contribution < -0.4 is 10.6 Å². The molecule has 0 aromatic heterocycles. The van der Waals surface area contributed by atoms with Crippen LogP contribution in [0.15, 0.2) is 42.0 Å². The summed E-state index contributed by atoms with van der Waals surface area (Å²) in [5, 5.41) is 7.01. The van der Waals surface area contributed by atoms with Crippen molar-refractivity contribution in [2.75, 3.05) is 13.1 Å². The highest BCUT2D eigenvalue weighted by molar-refractivity contribution is 5.95. The van der Waals surface area contributed by atoms with Crippen molar-refractivity contribution in [3.05, 3.63) is 47.5 Å². The van der Waals surface area contributed by atoms with Crippen LogP contribution in [0.5, 0.6) is 0 Å². The number of carbonyl (C=O) groups excluding carboxylic acids is 1. The molecule has 1 amide bonds. The van der Waals surface area contributed by atoms with Crippen LogP contribution >= 0.6 is 0 Å². The molecule has 1 aromatic rings. The minimum Gasteiger partial charge on any atom is -0.332 e. The van der Waals surface area contributed by atoms with Crippen molar-refractivity contribution < 1.29 is 4.79 Å². The molecule has 0 spiro atoms. The normalized spacial score (nSPS) is 27.2. The van der Waals surface area contributed by atoms with Crippen LogP contribution in [0.3, 0.4) is 0 Å². The zero-order chi connectivity index (χ0) is 14.9. The van der Waals surface area contributed by atoms with Gasteiger partial charge in [0.1, 0.15) is 0 Å². The summed E-state index contributed by atoms with van der Waals surface area (Å²) in [7, 11) is 0. The molecule has 1 saturated carbocycles. The quantitative estimate of drug-likeness (QED) is 0.884. The van der Waals surface area contributed by atoms with Crippen molar-refractivity contribution in [3.63, 3.8) is 0 Å². The average molecular weight is 297 g/mol. The molecule has 2 aliphatic heterocycles. The van der Waals surface area contributed by atoms with Crippen LogP contribution in [0.4, 0.5) is 0 Å². The van der Waals surface area contributed by atoms with Gasteiger partial charge in [-0.15, -0.1) is 0 Å². The number of rotatable bonds is 4. The SMILES string of the molecule is O=C(C1=CCC2CNCC1N2)N(Cc1ccccc1)C1CC1. The second-order valence-corrected chi connectivity index (χ2v) is 6.62. The molecule has 4 nitrogen and oxygen atoms in total. The fourth-order valence-corrected chi connectivity index (χ4v) is 3.50. The summed E-state index contributed by atoms with van der Waals surface area (Å²) in [6.45, 7) is 2.59. The first kappa shape index (κ1) is 14.0. The van der Waals surface area contributed by atoms with Crippen molar-refractivity contribution in [2.45, 2.75) is 43.9 Å². The molecule has 2 N–H and O–H groups in total. The molecule has 4 heteroatoms. The predicted molar refractivity (Wildman–Crippen MR) is 86.3 cm³/mol. The molecular formula is C18H23N3O. The molecular weight excluding hydrogens is 274 g/mol. The van der Waals surface area contributed by atoms with Crippen LogP contribution in [0, 0.1) is 0 Å². The van der Waals surface area contributed by atoms with Gasteiger partial charge in [0.15, 0.2) is 0 Å². The van der Waals surface area contributed by atoms with Gasteiger partial charge in [-0.3, -0.25) is 4.79 Å². The second kappa shape index (κ2) is 5.86. The van der Waals surface area contributed by atoms with Gasteiger partial charge in [-0.05, 0) is 24.8 Å². The minimum absolute atomic E-state index is 0.178. The largest absolute Gasteiger partial charge is 0.332 e. The summed E-state index contributed by atoms with van der Waals surface area (Å²) in [6, 6.07) is 11.4. The molecule has 0 radical (unpaired) electrons. The molecule has 1 saturated heterocycles. The number of nitrogens with one attached hydrogen (secondary N) is 2. The van der Waals surface area contributed by atoms with E-state index in [0.717, 1.165) is 44.5 Å². The lowest BCUT2D eigenvalue weighted by Gasteiger charge is -2.38. The Labute approximate surface area is 131 Å². The molecule has 2 atom stereocenters. The summed E-state index contributed by atoms with van der Waals surface area (Å²) in [4.78, 5) is 15.2. The Morgan fingerprint density at radius 2 is 2.00 bits per heavy atom. The van der Waals surface area contributed by atoms with Gasteiger partial charge >= 0.3 is 0 Å². The number of hydrogen-bond acceptors (Lipinski definition) is 3. The predicted octanol–water partition coefficient (Wildman–Crippen LogP) is 1.44. The van der Waals surface area contributed by atoms with E-state index in [1.54, 1.807) is 0 Å². The molecule has 1 aromatic carbocycles. The molecule has 2 unspecified atom stereocenters. The van der Waals surface area contributed by atoms with E-state index < -0.39 is 0 Å².